The third kappa shape index (κ3) is 4.32. The molecule has 0 saturated carbocycles. The quantitative estimate of drug-likeness (QED) is 0.181. The lowest BCUT2D eigenvalue weighted by Gasteiger charge is -2.30. The Kier molecular flexibility index (Phi) is 6.43. The van der Waals surface area contributed by atoms with E-state index in [1.165, 1.54) is 4.90 Å². The van der Waals surface area contributed by atoms with E-state index in [0.29, 0.717) is 5.69 Å². The lowest BCUT2D eigenvalue weighted by Crippen LogP contribution is -2.54. The highest BCUT2D eigenvalue weighted by molar-refractivity contribution is 9.10. The first-order chi connectivity index (χ1) is 17.3. The fourth-order valence-corrected chi connectivity index (χ4v) is 5.23. The first kappa shape index (κ1) is 23.9. The second-order valence-corrected chi connectivity index (χ2v) is 9.82. The molecule has 3 aromatic carbocycles. The molecule has 178 valence electrons. The number of hydrogen-bond acceptors (Lipinski definition) is 3. The van der Waals surface area contributed by atoms with Gasteiger partial charge in [-0.1, -0.05) is 64.5 Å². The average molecular weight is 556 g/mol. The third-order valence-electron chi connectivity index (χ3n) is 6.08. The van der Waals surface area contributed by atoms with Gasteiger partial charge in [-0.2, -0.15) is 0 Å². The Morgan fingerprint density at radius 2 is 1.56 bits per heavy atom. The molecule has 1 aromatic heterocycles. The molecule has 0 unspecified atom stereocenters. The van der Waals surface area contributed by atoms with Gasteiger partial charge < -0.3 is 4.57 Å². The molecule has 1 aliphatic rings. The molecule has 1 fully saturated rings. The normalized spacial score (nSPS) is 14.9. The van der Waals surface area contributed by atoms with Gasteiger partial charge in [0.05, 0.1) is 11.4 Å². The number of carbonyl (C=O) groups excluding carboxylic acids is 2. The second-order valence-electron chi connectivity index (χ2n) is 8.52. The summed E-state index contributed by atoms with van der Waals surface area (Å²) in [6, 6.07) is 27.5. The number of nitrogens with one attached hydrogen (secondary N) is 1. The number of benzene rings is 3. The first-order valence-electron chi connectivity index (χ1n) is 11.4. The van der Waals surface area contributed by atoms with E-state index >= 15 is 0 Å². The van der Waals surface area contributed by atoms with Crippen LogP contribution in [0.2, 0.25) is 0 Å². The van der Waals surface area contributed by atoms with Gasteiger partial charge in [-0.25, -0.2) is 0 Å². The molecular formula is C29H22BrN3O2S. The topological polar surface area (TPSA) is 54.3 Å². The molecule has 0 radical (unpaired) electrons. The van der Waals surface area contributed by atoms with Crippen LogP contribution in [0.3, 0.4) is 0 Å². The molecular weight excluding hydrogens is 534 g/mol. The van der Waals surface area contributed by atoms with Crippen molar-refractivity contribution in [3.05, 3.63) is 112 Å². The fraction of sp³-hybridized carbons (Fsp3) is 0.0690. The summed E-state index contributed by atoms with van der Waals surface area (Å²) in [5.74, 6) is -0.974. The van der Waals surface area contributed by atoms with Gasteiger partial charge >= 0.3 is 0 Å². The summed E-state index contributed by atoms with van der Waals surface area (Å²) in [6.45, 7) is 3.91. The second kappa shape index (κ2) is 9.68. The Balaban J connectivity index is 1.68. The molecule has 7 heteroatoms. The molecule has 0 bridgehead atoms. The van der Waals surface area contributed by atoms with E-state index in [-0.39, 0.29) is 10.7 Å². The van der Waals surface area contributed by atoms with Crippen molar-refractivity contribution in [2.45, 2.75) is 13.8 Å². The van der Waals surface area contributed by atoms with Crippen LogP contribution >= 0.6 is 28.1 Å². The number of aryl methyl sites for hydroxylation is 2. The lowest BCUT2D eigenvalue weighted by molar-refractivity contribution is -0.122. The fourth-order valence-electron chi connectivity index (χ4n) is 4.48. The summed E-state index contributed by atoms with van der Waals surface area (Å²) >= 11 is 8.85. The third-order valence-corrected chi connectivity index (χ3v) is 6.85. The number of amides is 2. The van der Waals surface area contributed by atoms with Crippen LogP contribution in [0.5, 0.6) is 0 Å². The zero-order valence-corrected chi connectivity index (χ0v) is 22.1. The van der Waals surface area contributed by atoms with Crippen LogP contribution in [0.15, 0.2) is 95.0 Å². The SMILES string of the molecule is Cc1cc(Br)ccc1N1C(=O)/C(=C/c2cc(C)n(-c3ccccc3)c2-c2ccccc2)C(=O)NC1=S. The highest BCUT2D eigenvalue weighted by Gasteiger charge is 2.35. The number of thiocarbonyl (C=S) groups is 1. The maximum absolute atomic E-state index is 13.7. The largest absolute Gasteiger partial charge is 0.313 e. The summed E-state index contributed by atoms with van der Waals surface area (Å²) in [5.41, 5.74) is 6.10. The number of nitrogens with zero attached hydrogens (tertiary/aromatic N) is 2. The molecule has 5 nitrogen and oxygen atoms in total. The zero-order valence-electron chi connectivity index (χ0n) is 19.7. The van der Waals surface area contributed by atoms with E-state index < -0.39 is 11.8 Å². The predicted octanol–water partition coefficient (Wildman–Crippen LogP) is 6.35. The number of aromatic nitrogens is 1. The monoisotopic (exact) mass is 555 g/mol. The van der Waals surface area contributed by atoms with Crippen molar-refractivity contribution in [1.29, 1.82) is 0 Å². The predicted molar refractivity (Wildman–Crippen MR) is 151 cm³/mol. The van der Waals surface area contributed by atoms with Crippen molar-refractivity contribution >= 4 is 56.8 Å². The van der Waals surface area contributed by atoms with Crippen LogP contribution < -0.4 is 10.2 Å². The summed E-state index contributed by atoms with van der Waals surface area (Å²) in [5, 5.41) is 2.76. The van der Waals surface area contributed by atoms with Crippen LogP contribution in [-0.2, 0) is 9.59 Å². The molecule has 36 heavy (non-hydrogen) atoms. The van der Waals surface area contributed by atoms with Crippen LogP contribution in [0.4, 0.5) is 5.69 Å². The molecule has 0 aliphatic carbocycles. The van der Waals surface area contributed by atoms with Gasteiger partial charge in [0, 0.05) is 21.4 Å². The summed E-state index contributed by atoms with van der Waals surface area (Å²) < 4.78 is 3.03. The standard InChI is InChI=1S/C29H22BrN3O2S/c1-18-15-22(30)13-14-25(18)33-28(35)24(27(34)31-29(33)36)17-21-16-19(2)32(23-11-7-4-8-12-23)26(21)20-9-5-3-6-10-20/h3-17H,1-2H3,(H,31,34,36)/b24-17+. The highest BCUT2D eigenvalue weighted by Crippen LogP contribution is 2.34. The van der Waals surface area contributed by atoms with Crippen molar-refractivity contribution in [1.82, 2.24) is 9.88 Å². The van der Waals surface area contributed by atoms with Gasteiger partial charge in [-0.3, -0.25) is 19.8 Å². The number of hydrogen-bond donors (Lipinski definition) is 1. The van der Waals surface area contributed by atoms with E-state index in [1.54, 1.807) is 6.08 Å². The van der Waals surface area contributed by atoms with Crippen molar-refractivity contribution in [3.63, 3.8) is 0 Å². The maximum Gasteiger partial charge on any atom is 0.270 e. The number of halogens is 1. The number of para-hydroxylation sites is 1. The number of rotatable bonds is 4. The van der Waals surface area contributed by atoms with Gasteiger partial charge in [0.25, 0.3) is 11.8 Å². The van der Waals surface area contributed by atoms with Crippen LogP contribution in [0.1, 0.15) is 16.8 Å². The van der Waals surface area contributed by atoms with Crippen molar-refractivity contribution in [2.24, 2.45) is 0 Å². The van der Waals surface area contributed by atoms with E-state index in [2.05, 4.69) is 25.8 Å². The summed E-state index contributed by atoms with van der Waals surface area (Å²) in [7, 11) is 0. The molecule has 2 amide bonds. The Morgan fingerprint density at radius 1 is 0.889 bits per heavy atom. The van der Waals surface area contributed by atoms with E-state index in [1.807, 2.05) is 98.8 Å². The first-order valence-corrected chi connectivity index (χ1v) is 12.6. The molecule has 0 atom stereocenters. The van der Waals surface area contributed by atoms with Gasteiger partial charge in [0.15, 0.2) is 5.11 Å². The minimum absolute atomic E-state index is 0.0216. The van der Waals surface area contributed by atoms with E-state index in [4.69, 9.17) is 12.2 Å². The lowest BCUT2D eigenvalue weighted by atomic mass is 10.0. The Hall–Kier alpha value is -3.81. The molecule has 1 saturated heterocycles. The maximum atomic E-state index is 13.7. The van der Waals surface area contributed by atoms with Gasteiger partial charge in [0.1, 0.15) is 5.57 Å². The van der Waals surface area contributed by atoms with Gasteiger partial charge in [-0.15, -0.1) is 0 Å². The molecule has 5 rings (SSSR count). The number of carbonyl (C=O) groups is 2. The van der Waals surface area contributed by atoms with Gasteiger partial charge in [-0.05, 0) is 79.7 Å². The Labute approximate surface area is 223 Å². The Morgan fingerprint density at radius 3 is 2.22 bits per heavy atom. The highest BCUT2D eigenvalue weighted by atomic mass is 79.9. The van der Waals surface area contributed by atoms with E-state index in [0.717, 1.165) is 38.2 Å². The smallest absolute Gasteiger partial charge is 0.270 e. The van der Waals surface area contributed by atoms with Crippen LogP contribution in [0.25, 0.3) is 23.0 Å². The summed E-state index contributed by atoms with van der Waals surface area (Å²) in [4.78, 5) is 28.1. The molecule has 1 aliphatic heterocycles. The minimum Gasteiger partial charge on any atom is -0.313 e. The molecule has 0 spiro atoms. The minimum atomic E-state index is -0.514. The van der Waals surface area contributed by atoms with Crippen LogP contribution in [0, 0.1) is 13.8 Å². The molecule has 1 N–H and O–H groups in total. The molecule has 4 aromatic rings. The van der Waals surface area contributed by atoms with Gasteiger partial charge in [0.2, 0.25) is 0 Å². The Bertz CT molecular complexity index is 1540. The molecule has 2 heterocycles. The average Bonchev–Trinajstić information content (AvgIpc) is 3.19. The zero-order chi connectivity index (χ0) is 25.4. The van der Waals surface area contributed by atoms with Crippen LogP contribution in [-0.4, -0.2) is 21.5 Å². The number of anilines is 1. The van der Waals surface area contributed by atoms with E-state index in [9.17, 15) is 9.59 Å². The van der Waals surface area contributed by atoms with Crippen molar-refractivity contribution in [2.75, 3.05) is 4.90 Å². The summed E-state index contributed by atoms with van der Waals surface area (Å²) in [6.07, 6.45) is 1.66. The van der Waals surface area contributed by atoms with Crippen molar-refractivity contribution in [3.8, 4) is 16.9 Å². The van der Waals surface area contributed by atoms with Crippen molar-refractivity contribution < 1.29 is 9.59 Å².